The third-order valence-corrected chi connectivity index (χ3v) is 9.62. The molecule has 7 nitrogen and oxygen atoms in total. The van der Waals surface area contributed by atoms with Crippen molar-refractivity contribution >= 4 is 17.7 Å². The van der Waals surface area contributed by atoms with Crippen LogP contribution in [0.3, 0.4) is 0 Å². The number of amides is 1. The zero-order chi connectivity index (χ0) is 34.3. The Morgan fingerprint density at radius 1 is 0.760 bits per heavy atom. The quantitative estimate of drug-likeness (QED) is 0.132. The third-order valence-electron chi connectivity index (χ3n) is 8.66. The van der Waals surface area contributed by atoms with Crippen LogP contribution in [-0.4, -0.2) is 27.9 Å². The van der Waals surface area contributed by atoms with E-state index in [1.165, 1.54) is 18.7 Å². The third kappa shape index (κ3) is 8.07. The highest BCUT2D eigenvalue weighted by atomic mass is 32.2. The van der Waals surface area contributed by atoms with Crippen molar-refractivity contribution in [3.05, 3.63) is 156 Å². The topological polar surface area (TPSA) is 93.8 Å². The van der Waals surface area contributed by atoms with Crippen LogP contribution in [0.5, 0.6) is 0 Å². The van der Waals surface area contributed by atoms with Crippen molar-refractivity contribution in [1.29, 1.82) is 0 Å². The highest BCUT2D eigenvalue weighted by Crippen LogP contribution is 2.41. The van der Waals surface area contributed by atoms with Crippen molar-refractivity contribution in [2.45, 2.75) is 50.2 Å². The SMILES string of the molecule is CC(=O)NCc1cccc(-c2cccc([C@H]3O[C@@H](CSc4nc(-c5ccccc5)c(-c5ccccc5)o4)C[C@@H](c4ccc(CO)cc4)O3)c2)c1. The number of benzene rings is 5. The van der Waals surface area contributed by atoms with Gasteiger partial charge in [0.2, 0.25) is 5.91 Å². The first-order chi connectivity index (χ1) is 24.5. The minimum Gasteiger partial charge on any atom is -0.431 e. The summed E-state index contributed by atoms with van der Waals surface area (Å²) in [5, 5.41) is 13.1. The van der Waals surface area contributed by atoms with E-state index in [4.69, 9.17) is 18.9 Å². The molecule has 2 N–H and O–H groups in total. The molecule has 3 atom stereocenters. The van der Waals surface area contributed by atoms with Crippen LogP contribution in [0.15, 0.2) is 143 Å². The van der Waals surface area contributed by atoms with Gasteiger partial charge in [-0.05, 0) is 39.9 Å². The van der Waals surface area contributed by atoms with Crippen molar-refractivity contribution < 1.29 is 23.8 Å². The molecule has 0 aliphatic carbocycles. The van der Waals surface area contributed by atoms with Crippen molar-refractivity contribution in [2.24, 2.45) is 0 Å². The van der Waals surface area contributed by atoms with Crippen LogP contribution < -0.4 is 5.32 Å². The average molecular weight is 683 g/mol. The summed E-state index contributed by atoms with van der Waals surface area (Å²) in [4.78, 5) is 16.4. The molecule has 6 aromatic rings. The number of aliphatic hydroxyl groups excluding tert-OH is 1. The first-order valence-electron chi connectivity index (χ1n) is 16.7. The summed E-state index contributed by atoms with van der Waals surface area (Å²) in [6, 6.07) is 44.5. The van der Waals surface area contributed by atoms with Gasteiger partial charge in [-0.2, -0.15) is 0 Å². The second-order valence-corrected chi connectivity index (χ2v) is 13.3. The summed E-state index contributed by atoms with van der Waals surface area (Å²) in [6.45, 7) is 1.98. The van der Waals surface area contributed by atoms with E-state index in [-0.39, 0.29) is 24.7 Å². The Balaban J connectivity index is 1.15. The zero-order valence-corrected chi connectivity index (χ0v) is 28.5. The van der Waals surface area contributed by atoms with E-state index in [2.05, 4.69) is 29.6 Å². The number of carbonyl (C=O) groups excluding carboxylic acids is 1. The van der Waals surface area contributed by atoms with E-state index in [1.54, 1.807) is 0 Å². The van der Waals surface area contributed by atoms with Gasteiger partial charge in [0.1, 0.15) is 5.69 Å². The summed E-state index contributed by atoms with van der Waals surface area (Å²) in [7, 11) is 0. The Bertz CT molecular complexity index is 1970. The van der Waals surface area contributed by atoms with Gasteiger partial charge in [0.05, 0.1) is 18.8 Å². The molecule has 1 aliphatic heterocycles. The fourth-order valence-electron chi connectivity index (χ4n) is 6.08. The number of thioether (sulfide) groups is 1. The van der Waals surface area contributed by atoms with Gasteiger partial charge >= 0.3 is 0 Å². The Morgan fingerprint density at radius 3 is 2.16 bits per heavy atom. The molecule has 1 saturated heterocycles. The number of oxazole rings is 1. The summed E-state index contributed by atoms with van der Waals surface area (Å²) in [5.74, 6) is 1.29. The smallest absolute Gasteiger partial charge is 0.256 e. The lowest BCUT2D eigenvalue weighted by atomic mass is 9.99. The lowest BCUT2D eigenvalue weighted by Gasteiger charge is -2.36. The predicted molar refractivity (Wildman–Crippen MR) is 196 cm³/mol. The number of ether oxygens (including phenoxy) is 2. The number of nitrogens with one attached hydrogen (secondary N) is 1. The average Bonchev–Trinajstić information content (AvgIpc) is 3.61. The van der Waals surface area contributed by atoms with Gasteiger partial charge in [0.15, 0.2) is 12.1 Å². The fourth-order valence-corrected chi connectivity index (χ4v) is 6.92. The molecule has 0 bridgehead atoms. The molecule has 5 aromatic carbocycles. The largest absolute Gasteiger partial charge is 0.431 e. The van der Waals surface area contributed by atoms with Crippen LogP contribution in [-0.2, 0) is 27.4 Å². The van der Waals surface area contributed by atoms with Gasteiger partial charge in [0, 0.05) is 42.3 Å². The Kier molecular flexibility index (Phi) is 10.5. The molecule has 1 aliphatic rings. The summed E-state index contributed by atoms with van der Waals surface area (Å²) in [6.07, 6.45) is -0.354. The highest BCUT2D eigenvalue weighted by Gasteiger charge is 2.33. The zero-order valence-electron chi connectivity index (χ0n) is 27.7. The van der Waals surface area contributed by atoms with Crippen LogP contribution in [0, 0.1) is 0 Å². The number of carbonyl (C=O) groups is 1. The first-order valence-corrected chi connectivity index (χ1v) is 17.7. The molecule has 50 heavy (non-hydrogen) atoms. The second-order valence-electron chi connectivity index (χ2n) is 12.3. The van der Waals surface area contributed by atoms with Gasteiger partial charge in [-0.15, -0.1) is 0 Å². The summed E-state index contributed by atoms with van der Waals surface area (Å²) in [5.41, 5.74) is 8.67. The molecule has 8 heteroatoms. The Hall–Kier alpha value is -4.99. The van der Waals surface area contributed by atoms with Crippen LogP contribution >= 0.6 is 11.8 Å². The number of hydrogen-bond donors (Lipinski definition) is 2. The Labute approximate surface area is 296 Å². The predicted octanol–water partition coefficient (Wildman–Crippen LogP) is 9.14. The number of rotatable bonds is 11. The molecule has 0 radical (unpaired) electrons. The second kappa shape index (κ2) is 15.7. The molecule has 1 amide bonds. The molecule has 1 aromatic heterocycles. The van der Waals surface area contributed by atoms with Gasteiger partial charge in [-0.25, -0.2) is 4.98 Å². The minimum atomic E-state index is -0.608. The monoisotopic (exact) mass is 682 g/mol. The minimum absolute atomic E-state index is 0.0122. The van der Waals surface area contributed by atoms with Crippen molar-refractivity contribution in [3.63, 3.8) is 0 Å². The van der Waals surface area contributed by atoms with Crippen LogP contribution in [0.25, 0.3) is 33.7 Å². The number of aliphatic hydroxyl groups is 1. The van der Waals surface area contributed by atoms with Crippen molar-refractivity contribution in [1.82, 2.24) is 10.3 Å². The summed E-state index contributed by atoms with van der Waals surface area (Å²) < 4.78 is 19.7. The van der Waals surface area contributed by atoms with Gasteiger partial charge < -0.3 is 24.3 Å². The van der Waals surface area contributed by atoms with Crippen molar-refractivity contribution in [3.8, 4) is 33.7 Å². The van der Waals surface area contributed by atoms with E-state index in [0.717, 1.165) is 56.0 Å². The maximum absolute atomic E-state index is 11.5. The van der Waals surface area contributed by atoms with Crippen molar-refractivity contribution in [2.75, 3.05) is 5.75 Å². The molecule has 0 saturated carbocycles. The lowest BCUT2D eigenvalue weighted by molar-refractivity contribution is -0.245. The molecule has 252 valence electrons. The first kappa shape index (κ1) is 33.5. The fraction of sp³-hybridized carbons (Fsp3) is 0.190. The van der Waals surface area contributed by atoms with E-state index in [0.29, 0.717) is 23.9 Å². The van der Waals surface area contributed by atoms with E-state index in [1.807, 2.05) is 109 Å². The molecular weight excluding hydrogens is 645 g/mol. The summed E-state index contributed by atoms with van der Waals surface area (Å²) >= 11 is 1.54. The van der Waals surface area contributed by atoms with Crippen LogP contribution in [0.1, 0.15) is 48.0 Å². The molecule has 2 heterocycles. The maximum atomic E-state index is 11.5. The van der Waals surface area contributed by atoms with Crippen LogP contribution in [0.2, 0.25) is 0 Å². The standard InChI is InChI=1S/C42H38N2O5S/c1-28(46)43-25-30-10-8-15-34(22-30)35-16-9-17-36(23-35)41-47-37(24-38(48-41)31-20-18-29(26-45)19-21-31)27-50-42-44-39(32-11-4-2-5-12-32)40(49-42)33-13-6-3-7-14-33/h2-23,37-38,41,45H,24-27H2,1H3,(H,43,46)/t37-,38+,41+/m1/s1. The van der Waals surface area contributed by atoms with Gasteiger partial charge in [0.25, 0.3) is 5.22 Å². The van der Waals surface area contributed by atoms with Crippen LogP contribution in [0.4, 0.5) is 0 Å². The van der Waals surface area contributed by atoms with Gasteiger partial charge in [-0.3, -0.25) is 4.79 Å². The Morgan fingerprint density at radius 2 is 1.44 bits per heavy atom. The lowest BCUT2D eigenvalue weighted by Crippen LogP contribution is -2.31. The normalized spacial score (nSPS) is 17.4. The molecular formula is C42H38N2O5S. The number of nitrogens with zero attached hydrogens (tertiary/aromatic N) is 1. The van der Waals surface area contributed by atoms with Gasteiger partial charge in [-0.1, -0.05) is 133 Å². The molecule has 0 spiro atoms. The number of hydrogen-bond acceptors (Lipinski definition) is 7. The molecule has 0 unspecified atom stereocenters. The number of aromatic nitrogens is 1. The molecule has 7 rings (SSSR count). The molecule has 1 fully saturated rings. The van der Waals surface area contributed by atoms with E-state index >= 15 is 0 Å². The van der Waals surface area contributed by atoms with E-state index < -0.39 is 6.29 Å². The highest BCUT2D eigenvalue weighted by molar-refractivity contribution is 7.99. The van der Waals surface area contributed by atoms with E-state index in [9.17, 15) is 9.90 Å². The maximum Gasteiger partial charge on any atom is 0.256 e.